The van der Waals surface area contributed by atoms with Crippen LogP contribution in [0.1, 0.15) is 24.9 Å². The second kappa shape index (κ2) is 11.1. The zero-order chi connectivity index (χ0) is 15.4. The molecule has 6 nitrogen and oxygen atoms in total. The largest absolute Gasteiger partial charge is 0.493 e. The smallest absolute Gasteiger partial charge is 0.161 e. The quantitative estimate of drug-likeness (QED) is 0.475. The molecule has 0 saturated carbocycles. The predicted octanol–water partition coefficient (Wildman–Crippen LogP) is 2.21. The van der Waals surface area contributed by atoms with Gasteiger partial charge in [0.05, 0.1) is 13.7 Å². The summed E-state index contributed by atoms with van der Waals surface area (Å²) in [6, 6.07) is 5.31. The van der Waals surface area contributed by atoms with Gasteiger partial charge in [-0.15, -0.1) is 5.16 Å². The molecule has 0 heterocycles. The van der Waals surface area contributed by atoms with Crippen molar-refractivity contribution < 1.29 is 19.4 Å². The van der Waals surface area contributed by atoms with Crippen molar-refractivity contribution in [2.45, 2.75) is 19.4 Å². The number of ether oxygens (including phenoxy) is 3. The van der Waals surface area contributed by atoms with E-state index in [0.29, 0.717) is 24.5 Å². The van der Waals surface area contributed by atoms with Crippen LogP contribution in [0.2, 0.25) is 0 Å². The Kier molecular flexibility index (Phi) is 10.1. The van der Waals surface area contributed by atoms with Gasteiger partial charge >= 0.3 is 0 Å². The second-order valence-corrected chi connectivity index (χ2v) is 3.89. The molecule has 1 aromatic rings. The molecule has 0 amide bonds. The van der Waals surface area contributed by atoms with Crippen LogP contribution in [-0.4, -0.2) is 39.4 Å². The molecule has 0 aliphatic rings. The highest BCUT2D eigenvalue weighted by molar-refractivity contribution is 5.58. The summed E-state index contributed by atoms with van der Waals surface area (Å²) in [6.07, 6.45) is 1.84. The molecule has 0 saturated heterocycles. The zero-order valence-corrected chi connectivity index (χ0v) is 12.5. The first-order valence-electron chi connectivity index (χ1n) is 6.26. The topological polar surface area (TPSA) is 86.3 Å². The molecule has 1 rings (SSSR count). The number of nitrogens with zero attached hydrogens (tertiary/aromatic N) is 1. The lowest BCUT2D eigenvalue weighted by atomic mass is 10.0. The molecule has 0 radical (unpaired) electrons. The number of benzene rings is 1. The maximum atomic E-state index is 8.35. The standard InChI is InChI=1S/C12H18N2O3.C2H6O/c1-3-17-12-8-9(4-5-11(12)16-2)10(13)6-7-14-15;1-3-2/h4-5,7-8,10,15H,3,6,13H2,1-2H3;1-2H3/b14-7+;. The fraction of sp³-hybridized carbons (Fsp3) is 0.500. The van der Waals surface area contributed by atoms with Crippen molar-refractivity contribution in [3.63, 3.8) is 0 Å². The molecule has 0 aromatic heterocycles. The maximum Gasteiger partial charge on any atom is 0.161 e. The minimum absolute atomic E-state index is 0.226. The number of methoxy groups -OCH3 is 2. The van der Waals surface area contributed by atoms with E-state index < -0.39 is 0 Å². The van der Waals surface area contributed by atoms with E-state index in [-0.39, 0.29) is 6.04 Å². The van der Waals surface area contributed by atoms with Gasteiger partial charge in [0.1, 0.15) is 0 Å². The Bertz CT molecular complexity index is 397. The van der Waals surface area contributed by atoms with Gasteiger partial charge in [-0.25, -0.2) is 0 Å². The lowest BCUT2D eigenvalue weighted by molar-refractivity contribution is 0.277. The lowest BCUT2D eigenvalue weighted by Crippen LogP contribution is -2.11. The van der Waals surface area contributed by atoms with E-state index in [0.717, 1.165) is 5.56 Å². The van der Waals surface area contributed by atoms with Crippen molar-refractivity contribution in [2.24, 2.45) is 10.9 Å². The molecule has 0 spiro atoms. The van der Waals surface area contributed by atoms with E-state index in [4.69, 9.17) is 20.4 Å². The van der Waals surface area contributed by atoms with E-state index >= 15 is 0 Å². The van der Waals surface area contributed by atoms with Crippen LogP contribution in [0.25, 0.3) is 0 Å². The number of hydrogen-bond donors (Lipinski definition) is 2. The van der Waals surface area contributed by atoms with Crippen LogP contribution in [-0.2, 0) is 4.74 Å². The van der Waals surface area contributed by atoms with Crippen molar-refractivity contribution in [1.29, 1.82) is 0 Å². The average molecular weight is 284 g/mol. The molecule has 0 bridgehead atoms. The van der Waals surface area contributed by atoms with Crippen LogP contribution in [0.4, 0.5) is 0 Å². The van der Waals surface area contributed by atoms with Gasteiger partial charge in [0.25, 0.3) is 0 Å². The molecule has 6 heteroatoms. The average Bonchev–Trinajstić information content (AvgIpc) is 2.46. The first-order valence-corrected chi connectivity index (χ1v) is 6.26. The lowest BCUT2D eigenvalue weighted by Gasteiger charge is -2.14. The highest BCUT2D eigenvalue weighted by Gasteiger charge is 2.10. The summed E-state index contributed by atoms with van der Waals surface area (Å²) >= 11 is 0. The molecular formula is C14H24N2O4. The van der Waals surface area contributed by atoms with E-state index in [2.05, 4.69) is 9.89 Å². The normalized spacial score (nSPS) is 11.7. The fourth-order valence-electron chi connectivity index (χ4n) is 1.49. The Balaban J connectivity index is 0.00000110. The van der Waals surface area contributed by atoms with Crippen LogP contribution in [0.5, 0.6) is 11.5 Å². The van der Waals surface area contributed by atoms with E-state index in [1.807, 2.05) is 25.1 Å². The van der Waals surface area contributed by atoms with Crippen molar-refractivity contribution in [2.75, 3.05) is 27.9 Å². The first-order chi connectivity index (χ1) is 9.64. The fourth-order valence-corrected chi connectivity index (χ4v) is 1.49. The summed E-state index contributed by atoms with van der Waals surface area (Å²) in [6.45, 7) is 2.47. The summed E-state index contributed by atoms with van der Waals surface area (Å²) in [5.41, 5.74) is 6.85. The summed E-state index contributed by atoms with van der Waals surface area (Å²) in [7, 11) is 4.84. The molecular weight excluding hydrogens is 260 g/mol. The molecule has 1 aromatic carbocycles. The molecule has 0 fully saturated rings. The summed E-state index contributed by atoms with van der Waals surface area (Å²) in [4.78, 5) is 0. The Morgan fingerprint density at radius 1 is 1.30 bits per heavy atom. The molecule has 3 N–H and O–H groups in total. The van der Waals surface area contributed by atoms with Gasteiger partial charge in [0.15, 0.2) is 11.5 Å². The Morgan fingerprint density at radius 2 is 1.95 bits per heavy atom. The minimum atomic E-state index is -0.226. The van der Waals surface area contributed by atoms with Gasteiger partial charge in [-0.3, -0.25) is 0 Å². The van der Waals surface area contributed by atoms with Crippen LogP contribution < -0.4 is 15.2 Å². The van der Waals surface area contributed by atoms with Crippen LogP contribution >= 0.6 is 0 Å². The second-order valence-electron chi connectivity index (χ2n) is 3.89. The first kappa shape index (κ1) is 18.2. The van der Waals surface area contributed by atoms with Crippen molar-refractivity contribution in [1.82, 2.24) is 0 Å². The predicted molar refractivity (Wildman–Crippen MR) is 78.9 cm³/mol. The summed E-state index contributed by atoms with van der Waals surface area (Å²) in [5, 5.41) is 11.3. The highest BCUT2D eigenvalue weighted by Crippen LogP contribution is 2.30. The van der Waals surface area contributed by atoms with Crippen LogP contribution in [0, 0.1) is 0 Å². The molecule has 114 valence electrons. The zero-order valence-electron chi connectivity index (χ0n) is 12.5. The van der Waals surface area contributed by atoms with E-state index in [9.17, 15) is 0 Å². The van der Waals surface area contributed by atoms with Crippen LogP contribution in [0.3, 0.4) is 0 Å². The Labute approximate surface area is 120 Å². The SMILES string of the molecule is CCOc1cc(C(N)C/C=N/O)ccc1OC.COC. The van der Waals surface area contributed by atoms with Gasteiger partial charge in [0.2, 0.25) is 0 Å². The third kappa shape index (κ3) is 6.40. The molecule has 20 heavy (non-hydrogen) atoms. The van der Waals surface area contributed by atoms with Gasteiger partial charge in [-0.1, -0.05) is 6.07 Å². The Morgan fingerprint density at radius 3 is 2.45 bits per heavy atom. The maximum absolute atomic E-state index is 8.35. The molecule has 1 atom stereocenters. The van der Waals surface area contributed by atoms with Gasteiger partial charge in [0, 0.05) is 32.9 Å². The highest BCUT2D eigenvalue weighted by atomic mass is 16.5. The van der Waals surface area contributed by atoms with Crippen molar-refractivity contribution >= 4 is 6.21 Å². The van der Waals surface area contributed by atoms with Gasteiger partial charge in [-0.05, 0) is 24.6 Å². The van der Waals surface area contributed by atoms with Gasteiger partial charge < -0.3 is 25.2 Å². The summed E-state index contributed by atoms with van der Waals surface area (Å²) in [5.74, 6) is 1.35. The van der Waals surface area contributed by atoms with Gasteiger partial charge in [-0.2, -0.15) is 0 Å². The number of hydrogen-bond acceptors (Lipinski definition) is 6. The van der Waals surface area contributed by atoms with Crippen molar-refractivity contribution in [3.8, 4) is 11.5 Å². The van der Waals surface area contributed by atoms with E-state index in [1.165, 1.54) is 6.21 Å². The number of nitrogens with two attached hydrogens (primary N) is 1. The number of oxime groups is 1. The molecule has 0 aliphatic heterocycles. The minimum Gasteiger partial charge on any atom is -0.493 e. The number of rotatable bonds is 6. The monoisotopic (exact) mass is 284 g/mol. The summed E-state index contributed by atoms with van der Waals surface area (Å²) < 4.78 is 14.9. The third-order valence-electron chi connectivity index (χ3n) is 2.36. The molecule has 0 aliphatic carbocycles. The van der Waals surface area contributed by atoms with Crippen molar-refractivity contribution in [3.05, 3.63) is 23.8 Å². The molecule has 1 unspecified atom stereocenters. The van der Waals surface area contributed by atoms with E-state index in [1.54, 1.807) is 21.3 Å². The third-order valence-corrected chi connectivity index (χ3v) is 2.36. The Hall–Kier alpha value is -1.79. The van der Waals surface area contributed by atoms with Crippen LogP contribution in [0.15, 0.2) is 23.4 Å².